The molecule has 0 atom stereocenters. The van der Waals surface area contributed by atoms with Crippen LogP contribution >= 0.6 is 0 Å². The molecule has 5 heteroatoms. The standard InChI is InChI=1S/C15H14N2O3/c1-3-15(18)20-13-6-5-11(7-12(9-16)10-17)8-14(13)19-4-2/h5-8H,3-4H2,1-2H3. The van der Waals surface area contributed by atoms with Crippen molar-refractivity contribution in [3.63, 3.8) is 0 Å². The molecule has 0 amide bonds. The summed E-state index contributed by atoms with van der Waals surface area (Å²) in [5, 5.41) is 17.4. The average Bonchev–Trinajstić information content (AvgIpc) is 2.47. The fraction of sp³-hybridized carbons (Fsp3) is 0.267. The molecule has 1 aromatic carbocycles. The summed E-state index contributed by atoms with van der Waals surface area (Å²) < 4.78 is 10.5. The normalized spacial score (nSPS) is 9.00. The summed E-state index contributed by atoms with van der Waals surface area (Å²) in [6, 6.07) is 8.41. The number of allylic oxidation sites excluding steroid dienone is 1. The third kappa shape index (κ3) is 4.15. The van der Waals surface area contributed by atoms with Gasteiger partial charge in [-0.3, -0.25) is 4.79 Å². The van der Waals surface area contributed by atoms with E-state index in [1.807, 2.05) is 6.92 Å². The number of esters is 1. The second-order valence-corrected chi connectivity index (χ2v) is 3.75. The largest absolute Gasteiger partial charge is 0.490 e. The van der Waals surface area contributed by atoms with E-state index in [0.717, 1.165) is 0 Å². The van der Waals surface area contributed by atoms with Crippen molar-refractivity contribution >= 4 is 12.0 Å². The van der Waals surface area contributed by atoms with Crippen LogP contribution in [-0.4, -0.2) is 12.6 Å². The Morgan fingerprint density at radius 3 is 2.50 bits per heavy atom. The third-order valence-electron chi connectivity index (χ3n) is 2.33. The number of hydrogen-bond acceptors (Lipinski definition) is 5. The van der Waals surface area contributed by atoms with E-state index in [0.29, 0.717) is 23.7 Å². The van der Waals surface area contributed by atoms with E-state index in [4.69, 9.17) is 20.0 Å². The Hall–Kier alpha value is -2.79. The summed E-state index contributed by atoms with van der Waals surface area (Å²) >= 11 is 0. The molecule has 0 saturated carbocycles. The van der Waals surface area contributed by atoms with E-state index in [1.54, 1.807) is 37.3 Å². The first-order valence-electron chi connectivity index (χ1n) is 6.14. The summed E-state index contributed by atoms with van der Waals surface area (Å²) in [5.74, 6) is 0.369. The zero-order valence-electron chi connectivity index (χ0n) is 11.3. The number of rotatable bonds is 5. The summed E-state index contributed by atoms with van der Waals surface area (Å²) in [5.41, 5.74) is 0.619. The SMILES string of the molecule is CCOc1cc(C=C(C#N)C#N)ccc1OC(=O)CC. The van der Waals surface area contributed by atoms with Crippen molar-refractivity contribution in [3.05, 3.63) is 29.3 Å². The summed E-state index contributed by atoms with van der Waals surface area (Å²) in [6.45, 7) is 3.92. The maximum Gasteiger partial charge on any atom is 0.311 e. The van der Waals surface area contributed by atoms with Crippen LogP contribution in [-0.2, 0) is 4.79 Å². The molecule has 1 aromatic rings. The number of nitrogens with zero attached hydrogens (tertiary/aromatic N) is 2. The van der Waals surface area contributed by atoms with Crippen LogP contribution in [0.4, 0.5) is 0 Å². The minimum atomic E-state index is -0.357. The Morgan fingerprint density at radius 2 is 1.95 bits per heavy atom. The predicted octanol–water partition coefficient (Wildman–Crippen LogP) is 2.83. The first kappa shape index (κ1) is 15.3. The summed E-state index contributed by atoms with van der Waals surface area (Å²) in [4.78, 5) is 11.3. The molecule has 0 saturated heterocycles. The molecular formula is C15H14N2O3. The molecule has 5 nitrogen and oxygen atoms in total. The van der Waals surface area contributed by atoms with Gasteiger partial charge in [-0.15, -0.1) is 0 Å². The fourth-order valence-electron chi connectivity index (χ4n) is 1.42. The van der Waals surface area contributed by atoms with Crippen LogP contribution in [0.1, 0.15) is 25.8 Å². The minimum absolute atomic E-state index is 0.00856. The lowest BCUT2D eigenvalue weighted by Gasteiger charge is -2.10. The van der Waals surface area contributed by atoms with E-state index in [1.165, 1.54) is 6.08 Å². The number of benzene rings is 1. The molecule has 0 bridgehead atoms. The molecule has 0 radical (unpaired) electrons. The van der Waals surface area contributed by atoms with Crippen molar-refractivity contribution in [2.24, 2.45) is 0 Å². The lowest BCUT2D eigenvalue weighted by molar-refractivity contribution is -0.134. The molecule has 0 aliphatic heterocycles. The van der Waals surface area contributed by atoms with Gasteiger partial charge < -0.3 is 9.47 Å². The zero-order chi connectivity index (χ0) is 15.0. The lowest BCUT2D eigenvalue weighted by atomic mass is 10.1. The van der Waals surface area contributed by atoms with Crippen LogP contribution in [0.3, 0.4) is 0 Å². The molecule has 0 aliphatic rings. The molecule has 1 rings (SSSR count). The van der Waals surface area contributed by atoms with E-state index in [9.17, 15) is 4.79 Å². The maximum absolute atomic E-state index is 11.3. The Labute approximate surface area is 117 Å². The van der Waals surface area contributed by atoms with Crippen LogP contribution in [0.2, 0.25) is 0 Å². The van der Waals surface area contributed by atoms with Crippen LogP contribution < -0.4 is 9.47 Å². The fourth-order valence-corrected chi connectivity index (χ4v) is 1.42. The van der Waals surface area contributed by atoms with Crippen molar-refractivity contribution in [3.8, 4) is 23.6 Å². The molecule has 0 fully saturated rings. The zero-order valence-corrected chi connectivity index (χ0v) is 11.3. The highest BCUT2D eigenvalue weighted by molar-refractivity contribution is 5.73. The van der Waals surface area contributed by atoms with Crippen LogP contribution in [0.25, 0.3) is 6.08 Å². The number of ether oxygens (including phenoxy) is 2. The van der Waals surface area contributed by atoms with Crippen molar-refractivity contribution in [2.45, 2.75) is 20.3 Å². The first-order chi connectivity index (χ1) is 9.64. The molecule has 0 aromatic heterocycles. The second-order valence-electron chi connectivity index (χ2n) is 3.75. The summed E-state index contributed by atoms with van der Waals surface area (Å²) in [7, 11) is 0. The smallest absolute Gasteiger partial charge is 0.311 e. The quantitative estimate of drug-likeness (QED) is 0.466. The van der Waals surface area contributed by atoms with Gasteiger partial charge in [0.15, 0.2) is 11.5 Å². The van der Waals surface area contributed by atoms with Gasteiger partial charge in [0, 0.05) is 6.42 Å². The van der Waals surface area contributed by atoms with Gasteiger partial charge in [-0.1, -0.05) is 13.0 Å². The monoisotopic (exact) mass is 270 g/mol. The molecule has 0 heterocycles. The number of nitriles is 2. The highest BCUT2D eigenvalue weighted by atomic mass is 16.6. The second kappa shape index (κ2) is 7.60. The minimum Gasteiger partial charge on any atom is -0.490 e. The lowest BCUT2D eigenvalue weighted by Crippen LogP contribution is -2.07. The van der Waals surface area contributed by atoms with Gasteiger partial charge in [0.25, 0.3) is 0 Å². The van der Waals surface area contributed by atoms with Gasteiger partial charge in [0.2, 0.25) is 0 Å². The number of hydrogen-bond donors (Lipinski definition) is 0. The first-order valence-corrected chi connectivity index (χ1v) is 6.14. The van der Waals surface area contributed by atoms with Crippen molar-refractivity contribution in [2.75, 3.05) is 6.61 Å². The van der Waals surface area contributed by atoms with E-state index in [2.05, 4.69) is 0 Å². The highest BCUT2D eigenvalue weighted by Crippen LogP contribution is 2.29. The van der Waals surface area contributed by atoms with Gasteiger partial charge in [-0.05, 0) is 30.7 Å². The molecule has 20 heavy (non-hydrogen) atoms. The maximum atomic E-state index is 11.3. The topological polar surface area (TPSA) is 83.1 Å². The molecular weight excluding hydrogens is 256 g/mol. The van der Waals surface area contributed by atoms with E-state index >= 15 is 0 Å². The predicted molar refractivity (Wildman–Crippen MR) is 72.7 cm³/mol. The van der Waals surface area contributed by atoms with Gasteiger partial charge in [0.1, 0.15) is 17.7 Å². The summed E-state index contributed by atoms with van der Waals surface area (Å²) in [6.07, 6.45) is 1.70. The van der Waals surface area contributed by atoms with Gasteiger partial charge in [-0.25, -0.2) is 0 Å². The van der Waals surface area contributed by atoms with E-state index < -0.39 is 0 Å². The van der Waals surface area contributed by atoms with Gasteiger partial charge in [0.05, 0.1) is 6.61 Å². The third-order valence-corrected chi connectivity index (χ3v) is 2.33. The van der Waals surface area contributed by atoms with Gasteiger partial charge >= 0.3 is 5.97 Å². The molecule has 0 aliphatic carbocycles. The van der Waals surface area contributed by atoms with E-state index in [-0.39, 0.29) is 18.0 Å². The Morgan fingerprint density at radius 1 is 1.25 bits per heavy atom. The van der Waals surface area contributed by atoms with Crippen LogP contribution in [0, 0.1) is 22.7 Å². The number of carbonyl (C=O) groups is 1. The van der Waals surface area contributed by atoms with Crippen molar-refractivity contribution < 1.29 is 14.3 Å². The molecule has 0 N–H and O–H groups in total. The average molecular weight is 270 g/mol. The molecule has 102 valence electrons. The Kier molecular flexibility index (Phi) is 5.80. The van der Waals surface area contributed by atoms with Crippen molar-refractivity contribution in [1.29, 1.82) is 10.5 Å². The van der Waals surface area contributed by atoms with Crippen LogP contribution in [0.15, 0.2) is 23.8 Å². The number of carbonyl (C=O) groups excluding carboxylic acids is 1. The highest BCUT2D eigenvalue weighted by Gasteiger charge is 2.09. The van der Waals surface area contributed by atoms with Crippen LogP contribution in [0.5, 0.6) is 11.5 Å². The molecule has 0 spiro atoms. The Balaban J connectivity index is 3.13. The van der Waals surface area contributed by atoms with Gasteiger partial charge in [-0.2, -0.15) is 10.5 Å². The Bertz CT molecular complexity index is 591. The van der Waals surface area contributed by atoms with Crippen molar-refractivity contribution in [1.82, 2.24) is 0 Å². The molecule has 0 unspecified atom stereocenters.